The van der Waals surface area contributed by atoms with Crippen molar-refractivity contribution in [2.45, 2.75) is 26.2 Å². The zero-order valence-electron chi connectivity index (χ0n) is 11.1. The number of carbonyl (C=O) groups is 2. The molecule has 4 nitrogen and oxygen atoms in total. The molecule has 0 saturated heterocycles. The lowest BCUT2D eigenvalue weighted by atomic mass is 10.2. The maximum Gasteiger partial charge on any atom is 0.332 e. The lowest BCUT2D eigenvalue weighted by Gasteiger charge is -2.04. The fourth-order valence-electron chi connectivity index (χ4n) is 1.39. The van der Waals surface area contributed by atoms with E-state index in [4.69, 9.17) is 4.74 Å². The summed E-state index contributed by atoms with van der Waals surface area (Å²) in [6.07, 6.45) is 5.28. The number of nitrogens with one attached hydrogen (secondary N) is 1. The van der Waals surface area contributed by atoms with Crippen LogP contribution >= 0.6 is 0 Å². The Morgan fingerprint density at radius 3 is 2.68 bits per heavy atom. The maximum absolute atomic E-state index is 11.4. The highest BCUT2D eigenvalue weighted by Gasteiger charge is 2.01. The minimum atomic E-state index is -0.473. The number of amides is 1. The summed E-state index contributed by atoms with van der Waals surface area (Å²) >= 11 is 0. The first-order chi connectivity index (χ1) is 9.22. The second kappa shape index (κ2) is 8.91. The second-order valence-electron chi connectivity index (χ2n) is 4.06. The number of unbranched alkanes of at least 4 members (excludes halogenated alkanes) is 1. The maximum atomic E-state index is 11.4. The number of rotatable bonds is 7. The molecule has 0 spiro atoms. The molecule has 1 aromatic rings. The Labute approximate surface area is 113 Å². The van der Waals surface area contributed by atoms with E-state index in [1.807, 2.05) is 37.3 Å². The summed E-state index contributed by atoms with van der Waals surface area (Å²) in [5.74, 6) is -0.568. The van der Waals surface area contributed by atoms with Crippen molar-refractivity contribution in [1.82, 2.24) is 5.32 Å². The second-order valence-corrected chi connectivity index (χ2v) is 4.06. The van der Waals surface area contributed by atoms with E-state index in [1.54, 1.807) is 6.08 Å². The molecule has 1 amide bonds. The largest absolute Gasteiger partial charge is 0.441 e. The van der Waals surface area contributed by atoms with Gasteiger partial charge in [0.2, 0.25) is 5.91 Å². The van der Waals surface area contributed by atoms with E-state index in [0.717, 1.165) is 18.4 Å². The van der Waals surface area contributed by atoms with Crippen LogP contribution in [0.4, 0.5) is 0 Å². The molecule has 0 aliphatic heterocycles. The van der Waals surface area contributed by atoms with Crippen molar-refractivity contribution in [2.24, 2.45) is 0 Å². The van der Waals surface area contributed by atoms with Gasteiger partial charge in [-0.25, -0.2) is 4.79 Å². The van der Waals surface area contributed by atoms with Crippen LogP contribution in [0, 0.1) is 0 Å². The average Bonchev–Trinajstić information content (AvgIpc) is 2.44. The van der Waals surface area contributed by atoms with E-state index in [9.17, 15) is 9.59 Å². The smallest absolute Gasteiger partial charge is 0.332 e. The molecule has 1 rings (SSSR count). The molecule has 0 radical (unpaired) electrons. The summed E-state index contributed by atoms with van der Waals surface area (Å²) in [6.45, 7) is 1.93. The van der Waals surface area contributed by atoms with Gasteiger partial charge in [-0.15, -0.1) is 0 Å². The van der Waals surface area contributed by atoms with Crippen LogP contribution in [0.5, 0.6) is 0 Å². The van der Waals surface area contributed by atoms with Gasteiger partial charge in [0.25, 0.3) is 0 Å². The third kappa shape index (κ3) is 7.03. The molecule has 0 fully saturated rings. The van der Waals surface area contributed by atoms with E-state index in [1.165, 1.54) is 6.08 Å². The summed E-state index contributed by atoms with van der Waals surface area (Å²) in [5, 5.41) is 2.53. The van der Waals surface area contributed by atoms with Crippen LogP contribution in [-0.4, -0.2) is 18.6 Å². The molecule has 0 unspecified atom stereocenters. The van der Waals surface area contributed by atoms with Gasteiger partial charge < -0.3 is 10.1 Å². The van der Waals surface area contributed by atoms with Gasteiger partial charge in [-0.1, -0.05) is 43.7 Å². The molecule has 19 heavy (non-hydrogen) atoms. The van der Waals surface area contributed by atoms with Gasteiger partial charge >= 0.3 is 5.97 Å². The van der Waals surface area contributed by atoms with Crippen LogP contribution in [0.25, 0.3) is 6.08 Å². The predicted molar refractivity (Wildman–Crippen MR) is 74.1 cm³/mol. The number of ether oxygens (including phenoxy) is 1. The number of hydrogen-bond donors (Lipinski definition) is 1. The molecule has 0 atom stereocenters. The predicted octanol–water partition coefficient (Wildman–Crippen LogP) is 2.51. The first kappa shape index (κ1) is 15.0. The Morgan fingerprint density at radius 1 is 1.26 bits per heavy atom. The lowest BCUT2D eigenvalue weighted by Crippen LogP contribution is -2.26. The van der Waals surface area contributed by atoms with Gasteiger partial charge in [0.15, 0.2) is 6.73 Å². The summed E-state index contributed by atoms with van der Waals surface area (Å²) in [6, 6.07) is 9.45. The Hall–Kier alpha value is -2.10. The Bertz CT molecular complexity index is 426. The van der Waals surface area contributed by atoms with Crippen LogP contribution in [0.2, 0.25) is 0 Å². The first-order valence-electron chi connectivity index (χ1n) is 6.39. The summed E-state index contributed by atoms with van der Waals surface area (Å²) in [7, 11) is 0. The van der Waals surface area contributed by atoms with Gasteiger partial charge in [-0.2, -0.15) is 0 Å². The topological polar surface area (TPSA) is 55.4 Å². The minimum absolute atomic E-state index is 0.0828. The van der Waals surface area contributed by atoms with Gasteiger partial charge in [0.1, 0.15) is 0 Å². The quantitative estimate of drug-likeness (QED) is 0.466. The fourth-order valence-corrected chi connectivity index (χ4v) is 1.39. The zero-order valence-corrected chi connectivity index (χ0v) is 11.1. The van der Waals surface area contributed by atoms with E-state index in [0.29, 0.717) is 6.42 Å². The van der Waals surface area contributed by atoms with E-state index in [-0.39, 0.29) is 12.6 Å². The summed E-state index contributed by atoms with van der Waals surface area (Å²) in [4.78, 5) is 22.6. The summed E-state index contributed by atoms with van der Waals surface area (Å²) < 4.78 is 4.86. The molecule has 0 aliphatic rings. The number of benzene rings is 1. The van der Waals surface area contributed by atoms with Crippen molar-refractivity contribution < 1.29 is 14.3 Å². The van der Waals surface area contributed by atoms with E-state index < -0.39 is 5.97 Å². The van der Waals surface area contributed by atoms with Gasteiger partial charge in [0.05, 0.1) is 0 Å². The Kier molecular flexibility index (Phi) is 7.02. The highest BCUT2D eigenvalue weighted by molar-refractivity contribution is 5.87. The Balaban J connectivity index is 2.21. The first-order valence-corrected chi connectivity index (χ1v) is 6.39. The minimum Gasteiger partial charge on any atom is -0.441 e. The molecule has 0 aromatic heterocycles. The van der Waals surface area contributed by atoms with Crippen molar-refractivity contribution in [1.29, 1.82) is 0 Å². The van der Waals surface area contributed by atoms with Crippen molar-refractivity contribution >= 4 is 18.0 Å². The molecule has 4 heteroatoms. The molecule has 0 saturated carbocycles. The number of hydrogen-bond acceptors (Lipinski definition) is 3. The van der Waals surface area contributed by atoms with Gasteiger partial charge in [0, 0.05) is 12.5 Å². The third-order valence-corrected chi connectivity index (χ3v) is 2.45. The fraction of sp³-hybridized carbons (Fsp3) is 0.333. The van der Waals surface area contributed by atoms with Crippen LogP contribution in [0.15, 0.2) is 36.4 Å². The average molecular weight is 261 g/mol. The molecule has 0 heterocycles. The normalized spacial score (nSPS) is 10.4. The van der Waals surface area contributed by atoms with Crippen LogP contribution in [0.3, 0.4) is 0 Å². The van der Waals surface area contributed by atoms with Gasteiger partial charge in [-0.05, 0) is 18.1 Å². The Morgan fingerprint density at radius 2 is 2.00 bits per heavy atom. The highest BCUT2D eigenvalue weighted by Crippen LogP contribution is 2.00. The summed E-state index contributed by atoms with van der Waals surface area (Å²) in [5.41, 5.74) is 0.923. The molecule has 1 aromatic carbocycles. The van der Waals surface area contributed by atoms with Crippen LogP contribution in [0.1, 0.15) is 31.7 Å². The third-order valence-electron chi connectivity index (χ3n) is 2.45. The monoisotopic (exact) mass is 261 g/mol. The van der Waals surface area contributed by atoms with Crippen molar-refractivity contribution in [3.05, 3.63) is 42.0 Å². The number of carbonyl (C=O) groups excluding carboxylic acids is 2. The number of esters is 1. The molecule has 0 aliphatic carbocycles. The van der Waals surface area contributed by atoms with Crippen molar-refractivity contribution in [3.8, 4) is 0 Å². The zero-order chi connectivity index (χ0) is 13.9. The van der Waals surface area contributed by atoms with Crippen molar-refractivity contribution in [2.75, 3.05) is 6.73 Å². The van der Waals surface area contributed by atoms with Crippen molar-refractivity contribution in [3.63, 3.8) is 0 Å². The van der Waals surface area contributed by atoms with E-state index in [2.05, 4.69) is 5.32 Å². The highest BCUT2D eigenvalue weighted by atomic mass is 16.5. The molecule has 102 valence electrons. The lowest BCUT2D eigenvalue weighted by molar-refractivity contribution is -0.139. The standard InChI is InChI=1S/C15H19NO3/c1-2-3-9-14(17)16-12-19-15(18)11-10-13-7-5-4-6-8-13/h4-8,10-11H,2-3,9,12H2,1H3,(H,16,17). The van der Waals surface area contributed by atoms with Crippen LogP contribution in [-0.2, 0) is 14.3 Å². The van der Waals surface area contributed by atoms with E-state index >= 15 is 0 Å². The van der Waals surface area contributed by atoms with Crippen LogP contribution < -0.4 is 5.32 Å². The SMILES string of the molecule is CCCCC(=O)NCOC(=O)C=Cc1ccccc1. The molecule has 1 N–H and O–H groups in total. The van der Waals surface area contributed by atoms with Gasteiger partial charge in [-0.3, -0.25) is 4.79 Å². The molecular formula is C15H19NO3. The molecule has 0 bridgehead atoms. The molecular weight excluding hydrogens is 242 g/mol.